The number of likely N-dealkylation sites (tertiary alicyclic amines) is 2. The molecule has 0 spiro atoms. The van der Waals surface area contributed by atoms with Gasteiger partial charge in [-0.2, -0.15) is 0 Å². The first kappa shape index (κ1) is 33.8. The summed E-state index contributed by atoms with van der Waals surface area (Å²) in [7, 11) is 0. The smallest absolute Gasteiger partial charge is 0.260 e. The number of hydrogen-bond donors (Lipinski definition) is 4. The Hall–Kier alpha value is -3.44. The standard InChI is InChI=1S/C28H40F3N7O.C2H6/c29-25-2-1-3-26(30)24(25)20-38(19-22(17-35)5-11-33)23-6-12-37(13-7-23)27(39)28(31)8-14-36(15-9-28)18-21(16-34)4-10-32;1-2/h1-5,10-11,16-17,23H,6-9,12-15,18-20,32-35H2;1-2H3/b10-4-,11-5-,21-16+,22-17+;. The van der Waals surface area contributed by atoms with Crippen molar-refractivity contribution in [2.75, 3.05) is 39.3 Å². The summed E-state index contributed by atoms with van der Waals surface area (Å²) in [6, 6.07) is 3.69. The van der Waals surface area contributed by atoms with Crippen LogP contribution in [0.4, 0.5) is 13.2 Å². The maximum atomic E-state index is 15.8. The van der Waals surface area contributed by atoms with Gasteiger partial charge in [-0.05, 0) is 73.1 Å². The molecule has 8 nitrogen and oxygen atoms in total. The normalized spacial score (nSPS) is 19.1. The molecule has 0 atom stereocenters. The van der Waals surface area contributed by atoms with E-state index >= 15 is 4.39 Å². The molecule has 0 bridgehead atoms. The summed E-state index contributed by atoms with van der Waals surface area (Å²) in [4.78, 5) is 18.8. The molecule has 228 valence electrons. The number of carbonyl (C=O) groups is 1. The van der Waals surface area contributed by atoms with Crippen LogP contribution in [-0.4, -0.2) is 71.6 Å². The van der Waals surface area contributed by atoms with Crippen LogP contribution in [-0.2, 0) is 11.3 Å². The summed E-state index contributed by atoms with van der Waals surface area (Å²) in [6.07, 6.45) is 10.3. The second kappa shape index (κ2) is 16.7. The van der Waals surface area contributed by atoms with Gasteiger partial charge in [-0.3, -0.25) is 14.6 Å². The van der Waals surface area contributed by atoms with Gasteiger partial charge in [0.15, 0.2) is 5.67 Å². The Bertz CT molecular complexity index is 1070. The fraction of sp³-hybridized carbons (Fsp3) is 0.500. The van der Waals surface area contributed by atoms with E-state index in [0.717, 1.165) is 5.57 Å². The van der Waals surface area contributed by atoms with Gasteiger partial charge in [-0.1, -0.05) is 19.9 Å². The van der Waals surface area contributed by atoms with Crippen LogP contribution >= 0.6 is 0 Å². The van der Waals surface area contributed by atoms with Crippen LogP contribution in [0, 0.1) is 11.6 Å². The van der Waals surface area contributed by atoms with E-state index in [2.05, 4.69) is 0 Å². The molecule has 1 aromatic rings. The predicted octanol–water partition coefficient (Wildman–Crippen LogP) is 3.22. The highest BCUT2D eigenvalue weighted by atomic mass is 19.1. The monoisotopic (exact) mass is 577 g/mol. The van der Waals surface area contributed by atoms with Gasteiger partial charge in [0.2, 0.25) is 0 Å². The number of alkyl halides is 1. The van der Waals surface area contributed by atoms with Crippen LogP contribution in [0.15, 0.2) is 66.3 Å². The molecule has 11 heteroatoms. The molecule has 0 radical (unpaired) electrons. The third kappa shape index (κ3) is 9.29. The molecule has 3 rings (SSSR count). The molecule has 41 heavy (non-hydrogen) atoms. The molecule has 2 saturated heterocycles. The molecule has 0 saturated carbocycles. The van der Waals surface area contributed by atoms with Gasteiger partial charge >= 0.3 is 0 Å². The van der Waals surface area contributed by atoms with Gasteiger partial charge in [0.25, 0.3) is 5.91 Å². The van der Waals surface area contributed by atoms with Crippen molar-refractivity contribution in [3.05, 3.63) is 83.5 Å². The first-order valence-corrected chi connectivity index (χ1v) is 14.2. The Kier molecular flexibility index (Phi) is 13.8. The maximum Gasteiger partial charge on any atom is 0.260 e. The number of nitrogens with two attached hydrogens (primary N) is 4. The van der Waals surface area contributed by atoms with Crippen molar-refractivity contribution < 1.29 is 18.0 Å². The van der Waals surface area contributed by atoms with Crippen LogP contribution in [0.1, 0.15) is 45.1 Å². The average Bonchev–Trinajstić information content (AvgIpc) is 2.99. The number of rotatable bonds is 10. The SMILES string of the molecule is CC.N/C=C\C(=C/N)CN1CCC(F)(C(=O)N2CCC(N(CC(/C=C\N)=C/N)Cc3c(F)cccc3F)CC2)CC1. The molecule has 2 fully saturated rings. The minimum absolute atomic E-state index is 0.0222. The zero-order valence-electron chi connectivity index (χ0n) is 24.2. The van der Waals surface area contributed by atoms with Crippen molar-refractivity contribution in [2.45, 2.75) is 57.8 Å². The third-order valence-electron chi connectivity index (χ3n) is 7.56. The fourth-order valence-electron chi connectivity index (χ4n) is 5.26. The molecular weight excluding hydrogens is 531 g/mol. The van der Waals surface area contributed by atoms with E-state index < -0.39 is 23.2 Å². The van der Waals surface area contributed by atoms with E-state index in [1.54, 1.807) is 17.1 Å². The molecule has 2 heterocycles. The average molecular weight is 578 g/mol. The highest BCUT2D eigenvalue weighted by Crippen LogP contribution is 2.31. The Labute approximate surface area is 242 Å². The molecule has 1 aromatic carbocycles. The van der Waals surface area contributed by atoms with Crippen molar-refractivity contribution >= 4 is 5.91 Å². The summed E-state index contributed by atoms with van der Waals surface area (Å²) < 4.78 is 44.7. The quantitative estimate of drug-likeness (QED) is 0.314. The number of halogens is 3. The molecule has 2 aliphatic heterocycles. The number of piperidine rings is 2. The van der Waals surface area contributed by atoms with Crippen LogP contribution < -0.4 is 22.9 Å². The number of carbonyl (C=O) groups excluding carboxylic acids is 1. The lowest BCUT2D eigenvalue weighted by atomic mass is 9.90. The van der Waals surface area contributed by atoms with Gasteiger partial charge in [-0.25, -0.2) is 13.2 Å². The lowest BCUT2D eigenvalue weighted by Gasteiger charge is -2.42. The molecule has 8 N–H and O–H groups in total. The topological polar surface area (TPSA) is 131 Å². The molecule has 0 aromatic heterocycles. The van der Waals surface area contributed by atoms with Gasteiger partial charge in [0.05, 0.1) is 0 Å². The number of hydrogen-bond acceptors (Lipinski definition) is 7. The highest BCUT2D eigenvalue weighted by Gasteiger charge is 2.45. The van der Waals surface area contributed by atoms with Gasteiger partial charge in [0.1, 0.15) is 11.6 Å². The Morgan fingerprint density at radius 3 is 2.00 bits per heavy atom. The Balaban J connectivity index is 0.00000287. The van der Waals surface area contributed by atoms with Crippen LogP contribution in [0.2, 0.25) is 0 Å². The van der Waals surface area contributed by atoms with E-state index in [4.69, 9.17) is 22.9 Å². The molecular formula is C30H46F3N7O. The lowest BCUT2D eigenvalue weighted by Crippen LogP contribution is -2.55. The van der Waals surface area contributed by atoms with E-state index in [-0.39, 0.29) is 31.0 Å². The minimum Gasteiger partial charge on any atom is -0.405 e. The zero-order chi connectivity index (χ0) is 30.4. The van der Waals surface area contributed by atoms with Gasteiger partial charge in [-0.15, -0.1) is 0 Å². The molecule has 2 aliphatic rings. The number of amides is 1. The molecule has 0 unspecified atom stereocenters. The van der Waals surface area contributed by atoms with Crippen molar-refractivity contribution in [3.8, 4) is 0 Å². The van der Waals surface area contributed by atoms with Crippen molar-refractivity contribution in [3.63, 3.8) is 0 Å². The second-order valence-corrected chi connectivity index (χ2v) is 10.1. The fourth-order valence-corrected chi connectivity index (χ4v) is 5.26. The second-order valence-electron chi connectivity index (χ2n) is 10.1. The first-order chi connectivity index (χ1) is 19.7. The summed E-state index contributed by atoms with van der Waals surface area (Å²) in [5.41, 5.74) is 21.9. The predicted molar refractivity (Wildman–Crippen MR) is 158 cm³/mol. The summed E-state index contributed by atoms with van der Waals surface area (Å²) in [5, 5.41) is 0. The Morgan fingerprint density at radius 2 is 1.49 bits per heavy atom. The van der Waals surface area contributed by atoms with Crippen molar-refractivity contribution in [1.29, 1.82) is 0 Å². The third-order valence-corrected chi connectivity index (χ3v) is 7.56. The number of nitrogens with zero attached hydrogens (tertiary/aromatic N) is 3. The van der Waals surface area contributed by atoms with Crippen LogP contribution in [0.3, 0.4) is 0 Å². The van der Waals surface area contributed by atoms with Gasteiger partial charge < -0.3 is 27.8 Å². The van der Waals surface area contributed by atoms with E-state index in [0.29, 0.717) is 57.7 Å². The number of benzene rings is 1. The van der Waals surface area contributed by atoms with Gasteiger partial charge in [0, 0.05) is 70.3 Å². The summed E-state index contributed by atoms with van der Waals surface area (Å²) in [6.45, 7) is 6.44. The molecule has 0 aliphatic carbocycles. The first-order valence-electron chi connectivity index (χ1n) is 14.2. The zero-order valence-corrected chi connectivity index (χ0v) is 24.2. The Morgan fingerprint density at radius 1 is 0.951 bits per heavy atom. The van der Waals surface area contributed by atoms with Crippen LogP contribution in [0.5, 0.6) is 0 Å². The maximum absolute atomic E-state index is 15.8. The van der Waals surface area contributed by atoms with Crippen molar-refractivity contribution in [1.82, 2.24) is 14.7 Å². The van der Waals surface area contributed by atoms with E-state index in [1.807, 2.05) is 23.6 Å². The van der Waals surface area contributed by atoms with Crippen molar-refractivity contribution in [2.24, 2.45) is 22.9 Å². The van der Waals surface area contributed by atoms with E-state index in [1.165, 1.54) is 43.0 Å². The largest absolute Gasteiger partial charge is 0.405 e. The highest BCUT2D eigenvalue weighted by molar-refractivity contribution is 5.85. The summed E-state index contributed by atoms with van der Waals surface area (Å²) >= 11 is 0. The lowest BCUT2D eigenvalue weighted by molar-refractivity contribution is -0.149. The van der Waals surface area contributed by atoms with E-state index in [9.17, 15) is 13.6 Å². The van der Waals surface area contributed by atoms with Crippen LogP contribution in [0.25, 0.3) is 0 Å². The minimum atomic E-state index is -1.92. The molecule has 1 amide bonds. The summed E-state index contributed by atoms with van der Waals surface area (Å²) in [5.74, 6) is -1.74.